The summed E-state index contributed by atoms with van der Waals surface area (Å²) < 4.78 is 7.38. The van der Waals surface area contributed by atoms with Crippen molar-refractivity contribution in [2.24, 2.45) is 5.73 Å². The third-order valence-corrected chi connectivity index (χ3v) is 5.06. The van der Waals surface area contributed by atoms with E-state index < -0.39 is 5.91 Å². The Kier molecular flexibility index (Phi) is 6.30. The first-order chi connectivity index (χ1) is 13.1. The lowest BCUT2D eigenvalue weighted by molar-refractivity contribution is -0.113. The summed E-state index contributed by atoms with van der Waals surface area (Å²) in [6.45, 7) is 5.66. The second-order valence-electron chi connectivity index (χ2n) is 5.90. The van der Waals surface area contributed by atoms with Crippen LogP contribution in [0.2, 0.25) is 0 Å². The molecule has 3 rings (SSSR count). The molecule has 0 atom stereocenters. The molecule has 2 heterocycles. The standard InChI is InChI=1S/C17H22N6O3S/c1-2-23-16(22-7-9-26-10-8-22)20-21-17(23)27-11-14(24)19-13-5-3-12(4-6-13)15(18)25/h3-6H,2,7-11H2,1H3,(H2,18,25)(H,19,24). The fourth-order valence-electron chi connectivity index (χ4n) is 2.71. The van der Waals surface area contributed by atoms with Crippen molar-refractivity contribution in [2.75, 3.05) is 42.3 Å². The van der Waals surface area contributed by atoms with Gasteiger partial charge in [-0.25, -0.2) is 0 Å². The van der Waals surface area contributed by atoms with E-state index in [1.165, 1.54) is 11.8 Å². The van der Waals surface area contributed by atoms with Crippen molar-refractivity contribution in [3.8, 4) is 0 Å². The highest BCUT2D eigenvalue weighted by Crippen LogP contribution is 2.23. The normalized spacial score (nSPS) is 14.2. The summed E-state index contributed by atoms with van der Waals surface area (Å²) in [5.41, 5.74) is 6.21. The van der Waals surface area contributed by atoms with E-state index in [0.29, 0.717) is 29.6 Å². The van der Waals surface area contributed by atoms with Crippen LogP contribution in [0.5, 0.6) is 0 Å². The molecule has 0 aliphatic carbocycles. The summed E-state index contributed by atoms with van der Waals surface area (Å²) in [6.07, 6.45) is 0. The number of hydrogen-bond acceptors (Lipinski definition) is 7. The molecule has 1 aromatic heterocycles. The number of aromatic nitrogens is 3. The molecular weight excluding hydrogens is 368 g/mol. The average molecular weight is 390 g/mol. The molecule has 9 nitrogen and oxygen atoms in total. The van der Waals surface area contributed by atoms with Crippen LogP contribution in [-0.4, -0.2) is 58.6 Å². The zero-order valence-electron chi connectivity index (χ0n) is 15.1. The third kappa shape index (κ3) is 4.77. The van der Waals surface area contributed by atoms with Gasteiger partial charge in [-0.1, -0.05) is 11.8 Å². The van der Waals surface area contributed by atoms with Gasteiger partial charge in [0.15, 0.2) is 5.16 Å². The van der Waals surface area contributed by atoms with Crippen LogP contribution in [0.25, 0.3) is 0 Å². The third-order valence-electron chi connectivity index (χ3n) is 4.09. The minimum absolute atomic E-state index is 0.162. The Morgan fingerprint density at radius 3 is 2.56 bits per heavy atom. The van der Waals surface area contributed by atoms with Gasteiger partial charge in [-0.2, -0.15) is 0 Å². The Labute approximate surface area is 161 Å². The minimum atomic E-state index is -0.501. The molecule has 2 amide bonds. The second-order valence-corrected chi connectivity index (χ2v) is 6.85. The molecule has 2 aromatic rings. The van der Waals surface area contributed by atoms with Gasteiger partial charge in [0.25, 0.3) is 0 Å². The highest BCUT2D eigenvalue weighted by molar-refractivity contribution is 7.99. The van der Waals surface area contributed by atoms with Gasteiger partial charge in [0, 0.05) is 30.9 Å². The number of nitrogens with one attached hydrogen (secondary N) is 1. The monoisotopic (exact) mass is 390 g/mol. The van der Waals surface area contributed by atoms with Crippen LogP contribution in [0.15, 0.2) is 29.4 Å². The van der Waals surface area contributed by atoms with Crippen molar-refractivity contribution in [1.29, 1.82) is 0 Å². The Balaban J connectivity index is 1.58. The Hall–Kier alpha value is -2.59. The number of thioether (sulfide) groups is 1. The van der Waals surface area contributed by atoms with E-state index in [4.69, 9.17) is 10.5 Å². The van der Waals surface area contributed by atoms with Gasteiger partial charge in [0.1, 0.15) is 0 Å². The number of amides is 2. The first kappa shape index (κ1) is 19.2. The number of nitrogens with two attached hydrogens (primary N) is 1. The maximum Gasteiger partial charge on any atom is 0.248 e. The number of carbonyl (C=O) groups excluding carboxylic acids is 2. The maximum atomic E-state index is 12.2. The van der Waals surface area contributed by atoms with Gasteiger partial charge < -0.3 is 20.7 Å². The van der Waals surface area contributed by atoms with Gasteiger partial charge in [-0.3, -0.25) is 14.2 Å². The van der Waals surface area contributed by atoms with Crippen molar-refractivity contribution in [3.05, 3.63) is 29.8 Å². The SMILES string of the molecule is CCn1c(SCC(=O)Nc2ccc(C(N)=O)cc2)nnc1N1CCOCC1. The van der Waals surface area contributed by atoms with E-state index in [0.717, 1.165) is 25.6 Å². The molecule has 27 heavy (non-hydrogen) atoms. The Morgan fingerprint density at radius 2 is 1.93 bits per heavy atom. The van der Waals surface area contributed by atoms with E-state index in [2.05, 4.69) is 20.4 Å². The van der Waals surface area contributed by atoms with E-state index in [9.17, 15) is 9.59 Å². The summed E-state index contributed by atoms with van der Waals surface area (Å²) in [4.78, 5) is 25.4. The molecular formula is C17H22N6O3S. The van der Waals surface area contributed by atoms with Crippen molar-refractivity contribution in [1.82, 2.24) is 14.8 Å². The number of primary amides is 1. The molecule has 10 heteroatoms. The zero-order valence-corrected chi connectivity index (χ0v) is 15.9. The van der Waals surface area contributed by atoms with E-state index in [1.807, 2.05) is 11.5 Å². The molecule has 0 bridgehead atoms. The van der Waals surface area contributed by atoms with Gasteiger partial charge in [-0.15, -0.1) is 10.2 Å². The molecule has 144 valence electrons. The highest BCUT2D eigenvalue weighted by atomic mass is 32.2. The largest absolute Gasteiger partial charge is 0.378 e. The first-order valence-electron chi connectivity index (χ1n) is 8.67. The molecule has 0 radical (unpaired) electrons. The lowest BCUT2D eigenvalue weighted by Gasteiger charge is -2.27. The summed E-state index contributed by atoms with van der Waals surface area (Å²) in [7, 11) is 0. The topological polar surface area (TPSA) is 115 Å². The van der Waals surface area contributed by atoms with Crippen LogP contribution in [0, 0.1) is 0 Å². The van der Waals surface area contributed by atoms with Gasteiger partial charge in [0.05, 0.1) is 19.0 Å². The molecule has 1 aromatic carbocycles. The number of benzene rings is 1. The van der Waals surface area contributed by atoms with Crippen molar-refractivity contribution in [2.45, 2.75) is 18.6 Å². The minimum Gasteiger partial charge on any atom is -0.378 e. The van der Waals surface area contributed by atoms with Gasteiger partial charge in [-0.05, 0) is 31.2 Å². The molecule has 1 saturated heterocycles. The number of morpholine rings is 1. The van der Waals surface area contributed by atoms with Crippen LogP contribution < -0.4 is 16.0 Å². The van der Waals surface area contributed by atoms with Crippen LogP contribution in [0.1, 0.15) is 17.3 Å². The summed E-state index contributed by atoms with van der Waals surface area (Å²) in [6, 6.07) is 6.45. The Bertz CT molecular complexity index is 802. The summed E-state index contributed by atoms with van der Waals surface area (Å²) in [5.74, 6) is 0.355. The molecule has 1 aliphatic heterocycles. The molecule has 1 aliphatic rings. The molecule has 0 saturated carbocycles. The van der Waals surface area contributed by atoms with E-state index >= 15 is 0 Å². The lowest BCUT2D eigenvalue weighted by atomic mass is 10.2. The fraction of sp³-hybridized carbons (Fsp3) is 0.412. The predicted octanol–water partition coefficient (Wildman–Crippen LogP) is 0.964. The van der Waals surface area contributed by atoms with Gasteiger partial charge >= 0.3 is 0 Å². The van der Waals surface area contributed by atoms with Crippen molar-refractivity contribution in [3.63, 3.8) is 0 Å². The lowest BCUT2D eigenvalue weighted by Crippen LogP contribution is -2.38. The number of nitrogens with zero attached hydrogens (tertiary/aromatic N) is 4. The van der Waals surface area contributed by atoms with Crippen LogP contribution in [0.4, 0.5) is 11.6 Å². The highest BCUT2D eigenvalue weighted by Gasteiger charge is 2.20. The average Bonchev–Trinajstić information content (AvgIpc) is 3.10. The number of ether oxygens (including phenoxy) is 1. The maximum absolute atomic E-state index is 12.2. The van der Waals surface area contributed by atoms with Crippen molar-refractivity contribution >= 4 is 35.2 Å². The molecule has 1 fully saturated rings. The zero-order chi connectivity index (χ0) is 19.2. The predicted molar refractivity (Wildman–Crippen MR) is 103 cm³/mol. The second kappa shape index (κ2) is 8.87. The van der Waals surface area contributed by atoms with Crippen LogP contribution in [-0.2, 0) is 16.1 Å². The number of hydrogen-bond donors (Lipinski definition) is 2. The smallest absolute Gasteiger partial charge is 0.248 e. The summed E-state index contributed by atoms with van der Waals surface area (Å²) >= 11 is 1.34. The van der Waals surface area contributed by atoms with E-state index in [-0.39, 0.29) is 11.7 Å². The van der Waals surface area contributed by atoms with Gasteiger partial charge in [0.2, 0.25) is 17.8 Å². The Morgan fingerprint density at radius 1 is 1.22 bits per heavy atom. The number of rotatable bonds is 7. The van der Waals surface area contributed by atoms with E-state index in [1.54, 1.807) is 24.3 Å². The fourth-order valence-corrected chi connectivity index (χ4v) is 3.50. The molecule has 0 spiro atoms. The number of carbonyl (C=O) groups is 2. The molecule has 0 unspecified atom stereocenters. The summed E-state index contributed by atoms with van der Waals surface area (Å²) in [5, 5.41) is 12.0. The van der Waals surface area contributed by atoms with Crippen LogP contribution >= 0.6 is 11.8 Å². The van der Waals surface area contributed by atoms with Crippen LogP contribution in [0.3, 0.4) is 0 Å². The first-order valence-corrected chi connectivity index (χ1v) is 9.65. The molecule has 3 N–H and O–H groups in total. The van der Waals surface area contributed by atoms with Crippen molar-refractivity contribution < 1.29 is 14.3 Å². The quantitative estimate of drug-likeness (QED) is 0.677. The number of anilines is 2.